The van der Waals surface area contributed by atoms with E-state index in [0.717, 1.165) is 18.6 Å². The number of fused-ring (bicyclic) bond motifs is 1. The summed E-state index contributed by atoms with van der Waals surface area (Å²) in [4.78, 5) is 12.9. The molecule has 0 radical (unpaired) electrons. The zero-order valence-corrected chi connectivity index (χ0v) is 15.4. The molecule has 1 aliphatic carbocycles. The molecule has 5 nitrogen and oxygen atoms in total. The van der Waals surface area contributed by atoms with Crippen molar-refractivity contribution in [3.8, 4) is 22.6 Å². The van der Waals surface area contributed by atoms with E-state index in [0.29, 0.717) is 33.5 Å². The summed E-state index contributed by atoms with van der Waals surface area (Å²) in [6.45, 7) is 0. The maximum Gasteiger partial charge on any atom is 0.200 e. The summed E-state index contributed by atoms with van der Waals surface area (Å²) in [6.07, 6.45) is 7.61. The molecule has 2 aromatic carbocycles. The molecule has 2 N–H and O–H groups in total. The number of hydrogen-bond acceptors (Lipinski definition) is 5. The number of nitrogen functional groups attached to an aromatic ring is 1. The van der Waals surface area contributed by atoms with Gasteiger partial charge in [-0.1, -0.05) is 12.5 Å². The van der Waals surface area contributed by atoms with Crippen molar-refractivity contribution in [2.24, 2.45) is 0 Å². The Morgan fingerprint density at radius 3 is 2.63 bits per heavy atom. The van der Waals surface area contributed by atoms with E-state index in [-0.39, 0.29) is 11.5 Å². The normalized spacial score (nSPS) is 15.0. The highest BCUT2D eigenvalue weighted by Crippen LogP contribution is 2.29. The van der Waals surface area contributed by atoms with Crippen molar-refractivity contribution in [1.82, 2.24) is 0 Å². The van der Waals surface area contributed by atoms with Crippen LogP contribution in [0.15, 0.2) is 51.9 Å². The molecule has 1 heterocycles. The molecule has 0 unspecified atom stereocenters. The third-order valence-electron chi connectivity index (χ3n) is 5.14. The Bertz CT molecular complexity index is 1020. The topological polar surface area (TPSA) is 74.7 Å². The van der Waals surface area contributed by atoms with Crippen molar-refractivity contribution in [1.29, 1.82) is 0 Å². The Kier molecular flexibility index (Phi) is 4.75. The molecule has 0 saturated heterocycles. The average molecular weight is 365 g/mol. The zero-order valence-electron chi connectivity index (χ0n) is 15.4. The third kappa shape index (κ3) is 3.50. The van der Waals surface area contributed by atoms with Crippen LogP contribution in [0.2, 0.25) is 0 Å². The van der Waals surface area contributed by atoms with Crippen molar-refractivity contribution in [3.63, 3.8) is 0 Å². The molecular weight excluding hydrogens is 342 g/mol. The number of anilines is 1. The highest BCUT2D eigenvalue weighted by Gasteiger charge is 2.16. The van der Waals surface area contributed by atoms with Crippen LogP contribution in [0.4, 0.5) is 5.69 Å². The summed E-state index contributed by atoms with van der Waals surface area (Å²) in [5.74, 6) is 1.33. The summed E-state index contributed by atoms with van der Waals surface area (Å²) in [5, 5.41) is 0.526. The third-order valence-corrected chi connectivity index (χ3v) is 5.14. The summed E-state index contributed by atoms with van der Waals surface area (Å²) >= 11 is 0. The zero-order chi connectivity index (χ0) is 18.8. The molecule has 3 aromatic rings. The molecule has 0 bridgehead atoms. The molecule has 0 spiro atoms. The van der Waals surface area contributed by atoms with Crippen molar-refractivity contribution in [2.75, 3.05) is 12.8 Å². The van der Waals surface area contributed by atoms with Gasteiger partial charge in [0.2, 0.25) is 0 Å². The minimum Gasteiger partial charge on any atom is -0.495 e. The van der Waals surface area contributed by atoms with E-state index < -0.39 is 0 Å². The predicted octanol–water partition coefficient (Wildman–Crippen LogP) is 4.76. The summed E-state index contributed by atoms with van der Waals surface area (Å²) in [6, 6.07) is 10.7. The average Bonchev–Trinajstić information content (AvgIpc) is 2.69. The second-order valence-electron chi connectivity index (χ2n) is 6.97. The number of nitrogens with two attached hydrogens (primary N) is 1. The van der Waals surface area contributed by atoms with Crippen molar-refractivity contribution in [3.05, 3.63) is 52.9 Å². The smallest absolute Gasteiger partial charge is 0.200 e. The summed E-state index contributed by atoms with van der Waals surface area (Å²) in [7, 11) is 1.56. The number of ether oxygens (including phenoxy) is 2. The molecule has 140 valence electrons. The summed E-state index contributed by atoms with van der Waals surface area (Å²) in [5.41, 5.74) is 8.05. The van der Waals surface area contributed by atoms with Gasteiger partial charge in [0.25, 0.3) is 0 Å². The van der Waals surface area contributed by atoms with Crippen LogP contribution in [0.1, 0.15) is 32.1 Å². The first kappa shape index (κ1) is 17.5. The first-order valence-corrected chi connectivity index (χ1v) is 9.32. The Balaban J connectivity index is 1.67. The lowest BCUT2D eigenvalue weighted by molar-refractivity contribution is 0.155. The van der Waals surface area contributed by atoms with Gasteiger partial charge >= 0.3 is 0 Å². The SMILES string of the molecule is COc1ccc(-c2coc3cc(OC4CCCCC4)ccc3c2=O)cc1N. The van der Waals surface area contributed by atoms with E-state index in [1.807, 2.05) is 6.07 Å². The maximum absolute atomic E-state index is 12.9. The fourth-order valence-electron chi connectivity index (χ4n) is 3.66. The standard InChI is InChI=1S/C22H23NO4/c1-25-20-10-7-14(11-19(20)23)18-13-26-21-12-16(8-9-17(21)22(18)24)27-15-5-3-2-4-6-15/h7-13,15H,2-6,23H2,1H3. The molecule has 1 saturated carbocycles. The van der Waals surface area contributed by atoms with Gasteiger partial charge in [-0.05, 0) is 55.5 Å². The lowest BCUT2D eigenvalue weighted by atomic mass is 9.98. The number of rotatable bonds is 4. The Morgan fingerprint density at radius 1 is 1.07 bits per heavy atom. The van der Waals surface area contributed by atoms with Crippen LogP contribution in [-0.4, -0.2) is 13.2 Å². The first-order chi connectivity index (χ1) is 13.2. The molecule has 4 rings (SSSR count). The molecule has 1 aromatic heterocycles. The molecule has 0 atom stereocenters. The minimum absolute atomic E-state index is 0.0926. The predicted molar refractivity (Wildman–Crippen MR) is 106 cm³/mol. The van der Waals surface area contributed by atoms with Crippen LogP contribution in [0.5, 0.6) is 11.5 Å². The second-order valence-corrected chi connectivity index (χ2v) is 6.97. The van der Waals surface area contributed by atoms with E-state index in [1.165, 1.54) is 25.5 Å². The largest absolute Gasteiger partial charge is 0.495 e. The van der Waals surface area contributed by atoms with Gasteiger partial charge in [0, 0.05) is 6.07 Å². The highest BCUT2D eigenvalue weighted by atomic mass is 16.5. The first-order valence-electron chi connectivity index (χ1n) is 9.32. The van der Waals surface area contributed by atoms with E-state index >= 15 is 0 Å². The van der Waals surface area contributed by atoms with Gasteiger partial charge in [-0.3, -0.25) is 4.79 Å². The van der Waals surface area contributed by atoms with Crippen molar-refractivity contribution < 1.29 is 13.9 Å². The van der Waals surface area contributed by atoms with E-state index in [2.05, 4.69) is 0 Å². The molecule has 0 amide bonds. The molecule has 1 fully saturated rings. The number of benzene rings is 2. The maximum atomic E-state index is 12.9. The Hall–Kier alpha value is -2.95. The Morgan fingerprint density at radius 2 is 1.89 bits per heavy atom. The number of methoxy groups -OCH3 is 1. The lowest BCUT2D eigenvalue weighted by Crippen LogP contribution is -2.19. The fourth-order valence-corrected chi connectivity index (χ4v) is 3.66. The van der Waals surface area contributed by atoms with Crippen LogP contribution in [-0.2, 0) is 0 Å². The van der Waals surface area contributed by atoms with Crippen molar-refractivity contribution in [2.45, 2.75) is 38.2 Å². The van der Waals surface area contributed by atoms with E-state index in [9.17, 15) is 4.79 Å². The van der Waals surface area contributed by atoms with Crippen LogP contribution in [0.3, 0.4) is 0 Å². The van der Waals surface area contributed by atoms with Gasteiger partial charge in [0.05, 0.1) is 29.9 Å². The van der Waals surface area contributed by atoms with E-state index in [1.54, 1.807) is 37.4 Å². The number of hydrogen-bond donors (Lipinski definition) is 1. The van der Waals surface area contributed by atoms with Crippen LogP contribution in [0, 0.1) is 0 Å². The molecule has 1 aliphatic rings. The Labute approximate surface area is 157 Å². The monoisotopic (exact) mass is 365 g/mol. The minimum atomic E-state index is -0.0926. The second kappa shape index (κ2) is 7.35. The summed E-state index contributed by atoms with van der Waals surface area (Å²) < 4.78 is 17.0. The fraction of sp³-hybridized carbons (Fsp3) is 0.318. The molecule has 0 aliphatic heterocycles. The van der Waals surface area contributed by atoms with Gasteiger partial charge in [-0.15, -0.1) is 0 Å². The van der Waals surface area contributed by atoms with Crippen LogP contribution >= 0.6 is 0 Å². The molecular formula is C22H23NO4. The van der Waals surface area contributed by atoms with Gasteiger partial charge < -0.3 is 19.6 Å². The van der Waals surface area contributed by atoms with Gasteiger partial charge in [0.1, 0.15) is 23.3 Å². The lowest BCUT2D eigenvalue weighted by Gasteiger charge is -2.23. The van der Waals surface area contributed by atoms with E-state index in [4.69, 9.17) is 19.6 Å². The molecule has 27 heavy (non-hydrogen) atoms. The van der Waals surface area contributed by atoms with Crippen LogP contribution in [0.25, 0.3) is 22.1 Å². The van der Waals surface area contributed by atoms with Gasteiger partial charge in [-0.2, -0.15) is 0 Å². The highest BCUT2D eigenvalue weighted by molar-refractivity contribution is 5.83. The van der Waals surface area contributed by atoms with Crippen molar-refractivity contribution >= 4 is 16.7 Å². The van der Waals surface area contributed by atoms with Gasteiger partial charge in [0.15, 0.2) is 5.43 Å². The van der Waals surface area contributed by atoms with Crippen LogP contribution < -0.4 is 20.6 Å². The quantitative estimate of drug-likeness (QED) is 0.675. The molecule has 5 heteroatoms. The van der Waals surface area contributed by atoms with Gasteiger partial charge in [-0.25, -0.2) is 0 Å².